The number of carbonyl (C=O) groups is 2. The van der Waals surface area contributed by atoms with Gasteiger partial charge in [0.1, 0.15) is 0 Å². The third-order valence-electron chi connectivity index (χ3n) is 16.2. The van der Waals surface area contributed by atoms with E-state index in [4.69, 9.17) is 9.47 Å². The maximum atomic E-state index is 14.4. The summed E-state index contributed by atoms with van der Waals surface area (Å²) in [6, 6.07) is 0. The molecule has 0 aromatic carbocycles. The van der Waals surface area contributed by atoms with Gasteiger partial charge in [-0.3, -0.25) is 9.59 Å². The van der Waals surface area contributed by atoms with Crippen LogP contribution in [-0.2, 0) is 19.1 Å². The van der Waals surface area contributed by atoms with Gasteiger partial charge in [-0.15, -0.1) is 0 Å². The number of unbranched alkanes of at least 4 members (excludes halogenated alkanes) is 52. The third kappa shape index (κ3) is 49.6. The van der Waals surface area contributed by atoms with Gasteiger partial charge in [0.05, 0.1) is 13.2 Å². The van der Waals surface area contributed by atoms with Crippen molar-refractivity contribution in [1.82, 2.24) is 0 Å². The molecular formula is C67H132O4. The highest BCUT2D eigenvalue weighted by atomic mass is 16.6. The Morgan fingerprint density at radius 3 is 0.521 bits per heavy atom. The number of hydrogen-bond acceptors (Lipinski definition) is 4. The Bertz CT molecular complexity index is 944. The van der Waals surface area contributed by atoms with Crippen LogP contribution in [-0.4, -0.2) is 25.2 Å². The SMILES string of the molecule is CCCCCCCCCCCCCCCCOC(=O)C(CCCCCCCCCCCCCCCC)(CCCCCCCCCCCCCCCC)C(=O)OCCCCCCCCCCCCCCCC. The Balaban J connectivity index is 5.21. The first kappa shape index (κ1) is 69.9. The Morgan fingerprint density at radius 1 is 0.211 bits per heavy atom. The summed E-state index contributed by atoms with van der Waals surface area (Å²) in [6.45, 7) is 10.0. The first-order valence-electron chi connectivity index (χ1n) is 33.4. The first-order chi connectivity index (χ1) is 35.1. The van der Waals surface area contributed by atoms with Crippen LogP contribution in [0.5, 0.6) is 0 Å². The Morgan fingerprint density at radius 2 is 0.352 bits per heavy atom. The van der Waals surface area contributed by atoms with Crippen molar-refractivity contribution in [3.8, 4) is 0 Å². The van der Waals surface area contributed by atoms with Gasteiger partial charge in [0, 0.05) is 0 Å². The molecule has 0 atom stereocenters. The number of carbonyl (C=O) groups excluding carboxylic acids is 2. The molecular weight excluding hydrogens is 869 g/mol. The molecule has 0 N–H and O–H groups in total. The molecule has 0 radical (unpaired) electrons. The lowest BCUT2D eigenvalue weighted by Gasteiger charge is -2.30. The second kappa shape index (κ2) is 59.8. The molecule has 424 valence electrons. The van der Waals surface area contributed by atoms with E-state index >= 15 is 0 Å². The van der Waals surface area contributed by atoms with E-state index in [1.807, 2.05) is 0 Å². The third-order valence-corrected chi connectivity index (χ3v) is 16.2. The number of esters is 2. The minimum atomic E-state index is -1.15. The van der Waals surface area contributed by atoms with E-state index in [0.29, 0.717) is 26.1 Å². The minimum absolute atomic E-state index is 0.275. The van der Waals surface area contributed by atoms with Gasteiger partial charge in [-0.2, -0.15) is 0 Å². The van der Waals surface area contributed by atoms with Gasteiger partial charge in [0.2, 0.25) is 0 Å². The molecule has 0 fully saturated rings. The summed E-state index contributed by atoms with van der Waals surface area (Å²) in [7, 11) is 0. The molecule has 0 saturated carbocycles. The van der Waals surface area contributed by atoms with Crippen LogP contribution in [0.25, 0.3) is 0 Å². The number of rotatable bonds is 62. The summed E-state index contributed by atoms with van der Waals surface area (Å²) in [5.74, 6) is -0.551. The van der Waals surface area contributed by atoms with Crippen LogP contribution in [0.4, 0.5) is 0 Å². The van der Waals surface area contributed by atoms with Gasteiger partial charge in [0.25, 0.3) is 0 Å². The standard InChI is InChI=1S/C67H132O4/c1-5-9-13-17-21-25-29-33-37-41-45-49-53-57-61-67(62-58-54-50-46-42-38-34-30-26-22-18-14-10-6-2,65(68)70-63-59-55-51-47-43-39-35-31-27-23-19-15-11-7-3)66(69)71-64-60-56-52-48-44-40-36-32-28-24-20-16-12-8-4/h5-64H2,1-4H3. The molecule has 0 saturated heterocycles. The van der Waals surface area contributed by atoms with Gasteiger partial charge in [0.15, 0.2) is 5.41 Å². The van der Waals surface area contributed by atoms with E-state index in [2.05, 4.69) is 27.7 Å². The highest BCUT2D eigenvalue weighted by Gasteiger charge is 2.47. The predicted octanol–water partition coefficient (Wildman–Crippen LogP) is 23.8. The number of ether oxygens (including phenoxy) is 2. The average molecular weight is 1000 g/mol. The lowest BCUT2D eigenvalue weighted by atomic mass is 9.77. The summed E-state index contributed by atoms with van der Waals surface area (Å²) >= 11 is 0. The Labute approximate surface area is 447 Å². The van der Waals surface area contributed by atoms with Crippen LogP contribution in [0.3, 0.4) is 0 Å². The molecule has 0 amide bonds. The topological polar surface area (TPSA) is 52.6 Å². The number of hydrogen-bond donors (Lipinski definition) is 0. The van der Waals surface area contributed by atoms with Crippen LogP contribution in [0, 0.1) is 5.41 Å². The van der Waals surface area contributed by atoms with E-state index in [0.717, 1.165) is 51.4 Å². The van der Waals surface area contributed by atoms with Crippen molar-refractivity contribution >= 4 is 11.9 Å². The zero-order chi connectivity index (χ0) is 51.5. The molecule has 0 aliphatic carbocycles. The van der Waals surface area contributed by atoms with Crippen molar-refractivity contribution in [2.75, 3.05) is 13.2 Å². The molecule has 0 aromatic heterocycles. The van der Waals surface area contributed by atoms with Crippen molar-refractivity contribution in [2.45, 2.75) is 400 Å². The van der Waals surface area contributed by atoms with Crippen molar-refractivity contribution in [3.05, 3.63) is 0 Å². The fourth-order valence-electron chi connectivity index (χ4n) is 11.1. The van der Waals surface area contributed by atoms with Crippen LogP contribution in [0.2, 0.25) is 0 Å². The van der Waals surface area contributed by atoms with E-state index < -0.39 is 5.41 Å². The summed E-state index contributed by atoms with van der Waals surface area (Å²) in [6.07, 6.45) is 74.1. The first-order valence-corrected chi connectivity index (χ1v) is 33.4. The van der Waals surface area contributed by atoms with Crippen LogP contribution in [0.15, 0.2) is 0 Å². The molecule has 0 heterocycles. The van der Waals surface area contributed by atoms with E-state index in [9.17, 15) is 9.59 Å². The Kier molecular flexibility index (Phi) is 58.9. The van der Waals surface area contributed by atoms with E-state index in [1.165, 1.54) is 308 Å². The highest BCUT2D eigenvalue weighted by Crippen LogP contribution is 2.36. The monoisotopic (exact) mass is 1000 g/mol. The molecule has 0 aliphatic rings. The van der Waals surface area contributed by atoms with Gasteiger partial charge >= 0.3 is 11.9 Å². The second-order valence-electron chi connectivity index (χ2n) is 23.2. The fraction of sp³-hybridized carbons (Fsp3) is 0.970. The largest absolute Gasteiger partial charge is 0.465 e. The second-order valence-corrected chi connectivity index (χ2v) is 23.2. The van der Waals surface area contributed by atoms with Crippen LogP contribution >= 0.6 is 0 Å². The summed E-state index contributed by atoms with van der Waals surface area (Å²) in [5, 5.41) is 0. The van der Waals surface area contributed by atoms with Crippen LogP contribution in [0.1, 0.15) is 400 Å². The lowest BCUT2D eigenvalue weighted by Crippen LogP contribution is -2.42. The molecule has 0 aromatic rings. The van der Waals surface area contributed by atoms with Crippen molar-refractivity contribution < 1.29 is 19.1 Å². The summed E-state index contributed by atoms with van der Waals surface area (Å²) < 4.78 is 12.3. The molecule has 0 bridgehead atoms. The molecule has 0 aliphatic heterocycles. The molecule has 71 heavy (non-hydrogen) atoms. The molecule has 4 nitrogen and oxygen atoms in total. The van der Waals surface area contributed by atoms with Crippen molar-refractivity contribution in [3.63, 3.8) is 0 Å². The molecule has 0 rings (SSSR count). The van der Waals surface area contributed by atoms with Gasteiger partial charge in [-0.1, -0.05) is 374 Å². The summed E-state index contributed by atoms with van der Waals surface area (Å²) in [5.41, 5.74) is -1.15. The lowest BCUT2D eigenvalue weighted by molar-refractivity contribution is -0.174. The summed E-state index contributed by atoms with van der Waals surface area (Å²) in [4.78, 5) is 28.8. The van der Waals surface area contributed by atoms with Gasteiger partial charge in [-0.05, 0) is 25.7 Å². The molecule has 4 heteroatoms. The Hall–Kier alpha value is -1.06. The van der Waals surface area contributed by atoms with E-state index in [-0.39, 0.29) is 11.9 Å². The highest BCUT2D eigenvalue weighted by molar-refractivity contribution is 6.00. The minimum Gasteiger partial charge on any atom is -0.465 e. The van der Waals surface area contributed by atoms with Gasteiger partial charge < -0.3 is 9.47 Å². The predicted molar refractivity (Wildman–Crippen MR) is 315 cm³/mol. The van der Waals surface area contributed by atoms with Gasteiger partial charge in [-0.25, -0.2) is 0 Å². The molecule has 0 unspecified atom stereocenters. The zero-order valence-corrected chi connectivity index (χ0v) is 49.6. The maximum Gasteiger partial charge on any atom is 0.323 e. The zero-order valence-electron chi connectivity index (χ0n) is 49.6. The van der Waals surface area contributed by atoms with E-state index in [1.54, 1.807) is 0 Å². The maximum absolute atomic E-state index is 14.4. The quantitative estimate of drug-likeness (QED) is 0.0346. The van der Waals surface area contributed by atoms with Crippen LogP contribution < -0.4 is 0 Å². The average Bonchev–Trinajstić information content (AvgIpc) is 3.38. The van der Waals surface area contributed by atoms with Crippen molar-refractivity contribution in [2.24, 2.45) is 5.41 Å². The smallest absolute Gasteiger partial charge is 0.323 e. The van der Waals surface area contributed by atoms with Crippen molar-refractivity contribution in [1.29, 1.82) is 0 Å². The molecule has 0 spiro atoms. The normalized spacial score (nSPS) is 11.8. The fourth-order valence-corrected chi connectivity index (χ4v) is 11.1.